The highest BCUT2D eigenvalue weighted by Crippen LogP contribution is 2.18. The summed E-state index contributed by atoms with van der Waals surface area (Å²) in [5, 5.41) is 3.01. The quantitative estimate of drug-likeness (QED) is 0.689. The van der Waals surface area contributed by atoms with Crippen LogP contribution in [-0.4, -0.2) is 13.0 Å². The third kappa shape index (κ3) is 4.51. The molecular formula is C23H23NO2. The van der Waals surface area contributed by atoms with E-state index >= 15 is 0 Å². The number of para-hydroxylation sites is 1. The molecule has 0 saturated heterocycles. The van der Waals surface area contributed by atoms with Crippen LogP contribution in [0.25, 0.3) is 0 Å². The van der Waals surface area contributed by atoms with Crippen LogP contribution in [0.1, 0.15) is 27.0 Å². The van der Waals surface area contributed by atoms with Crippen LogP contribution >= 0.6 is 0 Å². The minimum atomic E-state index is -0.0560. The SMILES string of the molecule is COc1ccccc1CNC(=O)c1ccccc1CCc1ccccc1. The molecule has 3 heteroatoms. The molecule has 0 heterocycles. The number of amides is 1. The topological polar surface area (TPSA) is 38.3 Å². The molecule has 0 unspecified atom stereocenters. The Bertz CT molecular complexity index is 859. The van der Waals surface area contributed by atoms with Crippen molar-refractivity contribution in [1.29, 1.82) is 0 Å². The van der Waals surface area contributed by atoms with E-state index in [0.717, 1.165) is 35.3 Å². The lowest BCUT2D eigenvalue weighted by Crippen LogP contribution is -2.24. The second kappa shape index (κ2) is 8.86. The molecular weight excluding hydrogens is 322 g/mol. The average Bonchev–Trinajstić information content (AvgIpc) is 2.71. The molecule has 3 aromatic carbocycles. The number of carbonyl (C=O) groups excluding carboxylic acids is 1. The first kappa shape index (κ1) is 17.7. The Morgan fingerprint density at radius 2 is 1.46 bits per heavy atom. The molecule has 0 spiro atoms. The highest BCUT2D eigenvalue weighted by Gasteiger charge is 2.11. The molecule has 0 aromatic heterocycles. The number of aryl methyl sites for hydroxylation is 2. The standard InChI is InChI=1S/C23H23NO2/c1-26-22-14-8-6-12-20(22)17-24-23(25)21-13-7-5-11-19(21)16-15-18-9-3-2-4-10-18/h2-14H,15-17H2,1H3,(H,24,25). The van der Waals surface area contributed by atoms with Gasteiger partial charge in [0.1, 0.15) is 5.75 Å². The summed E-state index contributed by atoms with van der Waals surface area (Å²) in [5.41, 5.74) is 4.04. The van der Waals surface area contributed by atoms with Gasteiger partial charge in [-0.25, -0.2) is 0 Å². The molecule has 0 aliphatic rings. The van der Waals surface area contributed by atoms with Gasteiger partial charge >= 0.3 is 0 Å². The van der Waals surface area contributed by atoms with Crippen LogP contribution < -0.4 is 10.1 Å². The fourth-order valence-corrected chi connectivity index (χ4v) is 3.00. The van der Waals surface area contributed by atoms with E-state index in [4.69, 9.17) is 4.74 Å². The van der Waals surface area contributed by atoms with Gasteiger partial charge in [0.2, 0.25) is 0 Å². The van der Waals surface area contributed by atoms with Crippen molar-refractivity contribution in [1.82, 2.24) is 5.32 Å². The average molecular weight is 345 g/mol. The first-order valence-corrected chi connectivity index (χ1v) is 8.80. The first-order valence-electron chi connectivity index (χ1n) is 8.80. The lowest BCUT2D eigenvalue weighted by atomic mass is 9.99. The number of methoxy groups -OCH3 is 1. The Kier molecular flexibility index (Phi) is 6.05. The van der Waals surface area contributed by atoms with Crippen molar-refractivity contribution in [3.63, 3.8) is 0 Å². The van der Waals surface area contributed by atoms with Crippen molar-refractivity contribution >= 4 is 5.91 Å². The molecule has 0 aliphatic carbocycles. The van der Waals surface area contributed by atoms with E-state index in [-0.39, 0.29) is 5.91 Å². The van der Waals surface area contributed by atoms with Crippen LogP contribution in [0.15, 0.2) is 78.9 Å². The van der Waals surface area contributed by atoms with Gasteiger partial charge < -0.3 is 10.1 Å². The lowest BCUT2D eigenvalue weighted by molar-refractivity contribution is 0.0949. The van der Waals surface area contributed by atoms with Gasteiger partial charge in [0.25, 0.3) is 5.91 Å². The summed E-state index contributed by atoms with van der Waals surface area (Å²) in [4.78, 5) is 12.7. The van der Waals surface area contributed by atoms with Gasteiger partial charge in [-0.3, -0.25) is 4.79 Å². The van der Waals surface area contributed by atoms with Crippen molar-refractivity contribution in [2.45, 2.75) is 19.4 Å². The maximum Gasteiger partial charge on any atom is 0.251 e. The Morgan fingerprint density at radius 3 is 2.23 bits per heavy atom. The molecule has 3 rings (SSSR count). The van der Waals surface area contributed by atoms with Gasteiger partial charge in [-0.1, -0.05) is 66.7 Å². The van der Waals surface area contributed by atoms with Gasteiger partial charge in [0.05, 0.1) is 7.11 Å². The predicted molar refractivity (Wildman–Crippen MR) is 104 cm³/mol. The molecule has 0 aliphatic heterocycles. The Balaban J connectivity index is 1.67. The summed E-state index contributed by atoms with van der Waals surface area (Å²) in [6.07, 6.45) is 1.75. The van der Waals surface area contributed by atoms with Gasteiger partial charge in [-0.05, 0) is 36.1 Å². The fourth-order valence-electron chi connectivity index (χ4n) is 3.00. The molecule has 0 bridgehead atoms. The lowest BCUT2D eigenvalue weighted by Gasteiger charge is -2.12. The molecule has 0 atom stereocenters. The van der Waals surface area contributed by atoms with Gasteiger partial charge in [0.15, 0.2) is 0 Å². The third-order valence-corrected chi connectivity index (χ3v) is 4.42. The maximum absolute atomic E-state index is 12.7. The summed E-state index contributed by atoms with van der Waals surface area (Å²) in [5.74, 6) is 0.727. The predicted octanol–water partition coefficient (Wildman–Crippen LogP) is 4.41. The summed E-state index contributed by atoms with van der Waals surface area (Å²) in [6.45, 7) is 0.440. The molecule has 1 amide bonds. The number of carbonyl (C=O) groups is 1. The summed E-state index contributed by atoms with van der Waals surface area (Å²) in [7, 11) is 1.64. The molecule has 26 heavy (non-hydrogen) atoms. The van der Waals surface area contributed by atoms with E-state index < -0.39 is 0 Å². The molecule has 3 nitrogen and oxygen atoms in total. The zero-order chi connectivity index (χ0) is 18.2. The van der Waals surface area contributed by atoms with Gasteiger partial charge in [-0.2, -0.15) is 0 Å². The van der Waals surface area contributed by atoms with Gasteiger partial charge in [0, 0.05) is 17.7 Å². The Labute approximate surface area is 154 Å². The molecule has 132 valence electrons. The van der Waals surface area contributed by atoms with E-state index in [1.165, 1.54) is 5.56 Å². The summed E-state index contributed by atoms with van der Waals surface area (Å²) < 4.78 is 5.34. The van der Waals surface area contributed by atoms with Crippen molar-refractivity contribution in [2.24, 2.45) is 0 Å². The maximum atomic E-state index is 12.7. The van der Waals surface area contributed by atoms with Crippen molar-refractivity contribution in [2.75, 3.05) is 7.11 Å². The molecule has 0 saturated carbocycles. The zero-order valence-corrected chi connectivity index (χ0v) is 14.9. The monoisotopic (exact) mass is 345 g/mol. The summed E-state index contributed by atoms with van der Waals surface area (Å²) in [6, 6.07) is 25.9. The van der Waals surface area contributed by atoms with Crippen LogP contribution in [0, 0.1) is 0 Å². The molecule has 1 N–H and O–H groups in total. The largest absolute Gasteiger partial charge is 0.496 e. The van der Waals surface area contributed by atoms with E-state index in [9.17, 15) is 4.79 Å². The van der Waals surface area contributed by atoms with Crippen LogP contribution in [-0.2, 0) is 19.4 Å². The van der Waals surface area contributed by atoms with E-state index in [0.29, 0.717) is 6.54 Å². The minimum absolute atomic E-state index is 0.0560. The summed E-state index contributed by atoms with van der Waals surface area (Å²) >= 11 is 0. The van der Waals surface area contributed by atoms with E-state index in [1.54, 1.807) is 7.11 Å². The minimum Gasteiger partial charge on any atom is -0.496 e. The number of benzene rings is 3. The van der Waals surface area contributed by atoms with Crippen LogP contribution in [0.2, 0.25) is 0 Å². The normalized spacial score (nSPS) is 10.3. The van der Waals surface area contributed by atoms with Crippen LogP contribution in [0.4, 0.5) is 0 Å². The third-order valence-electron chi connectivity index (χ3n) is 4.42. The molecule has 0 fully saturated rings. The highest BCUT2D eigenvalue weighted by molar-refractivity contribution is 5.95. The number of nitrogens with one attached hydrogen (secondary N) is 1. The van der Waals surface area contributed by atoms with Gasteiger partial charge in [-0.15, -0.1) is 0 Å². The van der Waals surface area contributed by atoms with Crippen molar-refractivity contribution in [3.8, 4) is 5.75 Å². The molecule has 0 radical (unpaired) electrons. The number of rotatable bonds is 7. The van der Waals surface area contributed by atoms with Crippen molar-refractivity contribution < 1.29 is 9.53 Å². The van der Waals surface area contributed by atoms with Crippen molar-refractivity contribution in [3.05, 3.63) is 101 Å². The molecule has 3 aromatic rings. The number of hydrogen-bond acceptors (Lipinski definition) is 2. The van der Waals surface area contributed by atoms with E-state index in [1.807, 2.05) is 66.7 Å². The van der Waals surface area contributed by atoms with Crippen LogP contribution in [0.3, 0.4) is 0 Å². The number of hydrogen-bond donors (Lipinski definition) is 1. The zero-order valence-electron chi connectivity index (χ0n) is 14.9. The Hall–Kier alpha value is -3.07. The second-order valence-corrected chi connectivity index (χ2v) is 6.14. The highest BCUT2D eigenvalue weighted by atomic mass is 16.5. The van der Waals surface area contributed by atoms with E-state index in [2.05, 4.69) is 17.4 Å². The fraction of sp³-hybridized carbons (Fsp3) is 0.174. The smallest absolute Gasteiger partial charge is 0.251 e. The number of ether oxygens (including phenoxy) is 1. The van der Waals surface area contributed by atoms with Crippen LogP contribution in [0.5, 0.6) is 5.75 Å². The first-order chi connectivity index (χ1) is 12.8. The Morgan fingerprint density at radius 1 is 0.808 bits per heavy atom. The second-order valence-electron chi connectivity index (χ2n) is 6.14.